The monoisotopic (exact) mass is 1350 g/mol. The number of esters is 1. The van der Waals surface area contributed by atoms with Crippen LogP contribution in [0.5, 0.6) is 0 Å². The van der Waals surface area contributed by atoms with Crippen LogP contribution in [-0.2, 0) is 61.6 Å². The van der Waals surface area contributed by atoms with E-state index in [1.54, 1.807) is 0 Å². The first-order chi connectivity index (χ1) is 44.0. The van der Waals surface area contributed by atoms with E-state index < -0.39 is 244 Å². The smallest absolute Gasteiger partial charge is 0.317 e. The van der Waals surface area contributed by atoms with Gasteiger partial charge in [0.05, 0.1) is 50.8 Å². The number of rotatable bonds is 14. The van der Waals surface area contributed by atoms with Crippen LogP contribution >= 0.6 is 0 Å². The fourth-order valence-corrected chi connectivity index (χ4v) is 18.9. The number of allylic oxidation sites excluding steroid dienone is 2. The van der Waals surface area contributed by atoms with E-state index >= 15 is 4.79 Å². The maximum atomic E-state index is 15.5. The van der Waals surface area contributed by atoms with Crippen LogP contribution in [0.15, 0.2) is 11.6 Å². The quantitative estimate of drug-likeness (QED) is 0.0447. The zero-order valence-electron chi connectivity index (χ0n) is 54.7. The van der Waals surface area contributed by atoms with Gasteiger partial charge in [-0.15, -0.1) is 0 Å². The molecule has 6 saturated heterocycles. The molecule has 0 unspecified atom stereocenters. The largest absolute Gasteiger partial charge is 0.432 e. The van der Waals surface area contributed by atoms with E-state index in [1.807, 2.05) is 0 Å². The Morgan fingerprint density at radius 2 is 1.03 bits per heavy atom. The van der Waals surface area contributed by atoms with Gasteiger partial charge in [-0.05, 0) is 116 Å². The van der Waals surface area contributed by atoms with E-state index in [4.69, 9.17) is 56.8 Å². The summed E-state index contributed by atoms with van der Waals surface area (Å²) in [4.78, 5) is 15.5. The summed E-state index contributed by atoms with van der Waals surface area (Å²) >= 11 is 0. The van der Waals surface area contributed by atoms with Gasteiger partial charge in [0.2, 0.25) is 6.29 Å². The van der Waals surface area contributed by atoms with Crippen LogP contribution < -0.4 is 0 Å². The van der Waals surface area contributed by atoms with Gasteiger partial charge in [0, 0.05) is 0 Å². The van der Waals surface area contributed by atoms with E-state index in [0.29, 0.717) is 44.9 Å². The van der Waals surface area contributed by atoms with Gasteiger partial charge in [-0.3, -0.25) is 4.79 Å². The molecule has 6 aliphatic heterocycles. The first-order valence-electron chi connectivity index (χ1n) is 33.5. The highest BCUT2D eigenvalue weighted by Crippen LogP contribution is 2.76. The minimum Gasteiger partial charge on any atom is -0.432 e. The van der Waals surface area contributed by atoms with Crippen LogP contribution in [0.2, 0.25) is 0 Å². The molecule has 17 N–H and O–H groups in total. The SMILES string of the molecule is C[C@@H]1O[C@@H](O[C@@H]2[C@@H](O)[C@H](O[C@H]3CC[C@]4(C)[C@H]5CC=C6[C@@H]7CC(C)(C)CC[C@]7(C(=O)O[C@@H]7OC[C@H](O)[C@H](O)[C@H]7O[C@@H]7O[C@@H](C)[C@H](O[C@@H]8O[C@H](CO)[C@@H](O)[C@H](O)[C@H]8O)[C@@H](O)[C@H]7O)[C@H](O)C[C@@]6(C)[C@]5(C)CC[C@H]4C3(C)C)O[C@H](CO)[C@H]2O[C@@H]2OC[C@@H](O)[C@H](O)[C@H]2O)[C@H](O)[C@H](O)[C@H]1O. The van der Waals surface area contributed by atoms with Crippen molar-refractivity contribution in [2.24, 2.45) is 50.2 Å². The molecule has 11 rings (SSSR count). The summed E-state index contributed by atoms with van der Waals surface area (Å²) in [6.07, 6.45) is -40.6. The first kappa shape index (κ1) is 73.3. The van der Waals surface area contributed by atoms with E-state index in [1.165, 1.54) is 13.8 Å². The second-order valence-corrected chi connectivity index (χ2v) is 31.1. The average molecular weight is 1350 g/mol. The van der Waals surface area contributed by atoms with Crippen LogP contribution in [0.3, 0.4) is 0 Å². The normalized spacial score (nSPS) is 55.0. The summed E-state index contributed by atoms with van der Waals surface area (Å²) in [7, 11) is 0. The number of aliphatic hydroxyl groups excluding tert-OH is 17. The summed E-state index contributed by atoms with van der Waals surface area (Å²) in [6, 6.07) is 0. The lowest BCUT2D eigenvalue weighted by atomic mass is 9.33. The molecule has 0 aromatic carbocycles. The molecule has 94 heavy (non-hydrogen) atoms. The molecule has 6 heterocycles. The zero-order valence-corrected chi connectivity index (χ0v) is 54.7. The van der Waals surface area contributed by atoms with Gasteiger partial charge in [-0.2, -0.15) is 0 Å². The molecule has 37 atom stereocenters. The minimum atomic E-state index is -1.96. The van der Waals surface area contributed by atoms with Gasteiger partial charge < -0.3 is 144 Å². The number of carbonyl (C=O) groups is 1. The fourth-order valence-electron chi connectivity index (χ4n) is 18.9. The Hall–Kier alpha value is -1.91. The fraction of sp³-hybridized carbons (Fsp3) is 0.953. The predicted molar refractivity (Wildman–Crippen MR) is 315 cm³/mol. The highest BCUT2D eigenvalue weighted by Gasteiger charge is 2.72. The van der Waals surface area contributed by atoms with Crippen LogP contribution in [0.25, 0.3) is 0 Å². The van der Waals surface area contributed by atoms with Crippen LogP contribution in [0.1, 0.15) is 120 Å². The second-order valence-electron chi connectivity index (χ2n) is 31.1. The van der Waals surface area contributed by atoms with Crippen molar-refractivity contribution in [1.82, 2.24) is 0 Å². The van der Waals surface area contributed by atoms with Crippen molar-refractivity contribution in [2.45, 2.75) is 304 Å². The van der Waals surface area contributed by atoms with Gasteiger partial charge in [-0.1, -0.05) is 60.1 Å². The standard InChI is InChI=1S/C64H104O30/c1-24-36(70)40(74)44(78)53(85-24)92-50-47(81)56(88-31(21-66)49(50)91-52-43(77)37(71)28(67)22-83-52)89-35-13-14-61(7)32(60(35,5)6)12-15-62(8)33(61)11-10-26-27-18-59(3,4)16-17-64(27,34(69)19-63(26,62)9)58(82)94-57-51(38(72)29(68)23-84-57)93-54-46(80)42(76)48(25(2)86-54)90-55-45(79)41(75)39(73)30(20-65)87-55/h10,24-25,27-57,65-81H,11-23H2,1-9H3/t24-,25-,27-,28+,29-,30+,31+,32-,33+,34+,35-,36-,37-,38-,39+,40+,41-,42-,43+,44+,45+,46+,47+,48-,49+,50+,51+,52-,53-,54-,55-,56-,57-,61-,62+,63+,64+/m0/s1. The number of ether oxygens (including phenoxy) is 12. The highest BCUT2D eigenvalue weighted by molar-refractivity contribution is 5.80. The lowest BCUT2D eigenvalue weighted by molar-refractivity contribution is -0.388. The molecule has 0 spiro atoms. The molecule has 30 nitrogen and oxygen atoms in total. The molecule has 540 valence electrons. The van der Waals surface area contributed by atoms with Gasteiger partial charge in [0.25, 0.3) is 0 Å². The Morgan fingerprint density at radius 1 is 0.489 bits per heavy atom. The molecule has 11 aliphatic rings. The molecule has 10 fully saturated rings. The molecule has 4 saturated carbocycles. The van der Waals surface area contributed by atoms with Gasteiger partial charge in [0.15, 0.2) is 37.6 Å². The Kier molecular flexibility index (Phi) is 21.2. The number of aliphatic hydroxyl groups is 17. The lowest BCUT2D eigenvalue weighted by Crippen LogP contribution is -2.69. The molecule has 30 heteroatoms. The maximum Gasteiger partial charge on any atom is 0.317 e. The molecule has 0 bridgehead atoms. The molecular formula is C64H104O30. The Labute approximate surface area is 545 Å². The first-order valence-corrected chi connectivity index (χ1v) is 33.5. The number of fused-ring (bicyclic) bond motifs is 7. The summed E-state index contributed by atoms with van der Waals surface area (Å²) < 4.78 is 72.4. The third-order valence-corrected chi connectivity index (χ3v) is 24.8. The van der Waals surface area contributed by atoms with Gasteiger partial charge >= 0.3 is 5.97 Å². The van der Waals surface area contributed by atoms with Crippen molar-refractivity contribution in [1.29, 1.82) is 0 Å². The zero-order chi connectivity index (χ0) is 68.6. The van der Waals surface area contributed by atoms with Crippen molar-refractivity contribution >= 4 is 5.97 Å². The van der Waals surface area contributed by atoms with E-state index in [0.717, 1.165) is 5.57 Å². The third-order valence-electron chi connectivity index (χ3n) is 24.8. The summed E-state index contributed by atoms with van der Waals surface area (Å²) in [6.45, 7) is 15.7. The Bertz CT molecular complexity index is 2660. The molecule has 0 amide bonds. The average Bonchev–Trinajstić information content (AvgIpc) is 0.671. The molecule has 0 radical (unpaired) electrons. The summed E-state index contributed by atoms with van der Waals surface area (Å²) in [5, 5.41) is 187. The second kappa shape index (κ2) is 27.1. The van der Waals surface area contributed by atoms with Crippen molar-refractivity contribution < 1.29 is 148 Å². The number of carbonyl (C=O) groups excluding carboxylic acids is 1. The van der Waals surface area contributed by atoms with Crippen LogP contribution in [0, 0.1) is 50.2 Å². The van der Waals surface area contributed by atoms with Crippen molar-refractivity contribution in [3.05, 3.63) is 11.6 Å². The van der Waals surface area contributed by atoms with Crippen molar-refractivity contribution in [3.63, 3.8) is 0 Å². The summed E-state index contributed by atoms with van der Waals surface area (Å²) in [5.41, 5.74) is -2.90. The topological polar surface area (TPSA) is 472 Å². The Morgan fingerprint density at radius 3 is 1.69 bits per heavy atom. The van der Waals surface area contributed by atoms with Crippen LogP contribution in [0.4, 0.5) is 0 Å². The molecular weight excluding hydrogens is 1250 g/mol. The number of hydrogen-bond donors (Lipinski definition) is 17. The highest BCUT2D eigenvalue weighted by atomic mass is 16.8. The van der Waals surface area contributed by atoms with Gasteiger partial charge in [0.1, 0.15) is 121 Å². The lowest BCUT2D eigenvalue weighted by Gasteiger charge is -2.71. The molecule has 5 aliphatic carbocycles. The molecule has 0 aromatic heterocycles. The van der Waals surface area contributed by atoms with E-state index in [-0.39, 0.29) is 35.5 Å². The maximum absolute atomic E-state index is 15.5. The minimum absolute atomic E-state index is 0.00613. The molecule has 0 aromatic rings. The number of hydrogen-bond acceptors (Lipinski definition) is 30. The van der Waals surface area contributed by atoms with Gasteiger partial charge in [-0.25, -0.2) is 0 Å². The van der Waals surface area contributed by atoms with E-state index in [2.05, 4.69) is 54.5 Å². The van der Waals surface area contributed by atoms with Crippen molar-refractivity contribution in [3.8, 4) is 0 Å². The Balaban J connectivity index is 0.811. The van der Waals surface area contributed by atoms with E-state index in [9.17, 15) is 86.8 Å². The predicted octanol–water partition coefficient (Wildman–Crippen LogP) is -4.08. The third kappa shape index (κ3) is 12.3. The van der Waals surface area contributed by atoms with Crippen LogP contribution in [-0.4, -0.2) is 303 Å². The summed E-state index contributed by atoms with van der Waals surface area (Å²) in [5.74, 6) is -1.33. The van der Waals surface area contributed by atoms with Crippen molar-refractivity contribution in [2.75, 3.05) is 26.4 Å².